The van der Waals surface area contributed by atoms with Crippen molar-refractivity contribution >= 4 is 23.3 Å². The Labute approximate surface area is 157 Å². The fraction of sp³-hybridized carbons (Fsp3) is 0.800. The van der Waals surface area contributed by atoms with Gasteiger partial charge in [0.05, 0.1) is 12.6 Å². The van der Waals surface area contributed by atoms with Crippen molar-refractivity contribution in [1.82, 2.24) is 10.6 Å². The van der Waals surface area contributed by atoms with Crippen molar-refractivity contribution in [3.63, 3.8) is 0 Å². The van der Waals surface area contributed by atoms with Crippen molar-refractivity contribution in [1.29, 1.82) is 0 Å². The number of hydrogen-bond acceptors (Lipinski definition) is 5. The van der Waals surface area contributed by atoms with Gasteiger partial charge in [0.15, 0.2) is 5.78 Å². The average Bonchev–Trinajstić information content (AvgIpc) is 2.46. The Morgan fingerprint density at radius 3 is 1.88 bits per heavy atom. The summed E-state index contributed by atoms with van der Waals surface area (Å²) in [6.45, 7) is 14.7. The van der Waals surface area contributed by atoms with Gasteiger partial charge in [-0.15, -0.1) is 0 Å². The van der Waals surface area contributed by atoms with Gasteiger partial charge >= 0.3 is 0 Å². The molecule has 6 nitrogen and oxygen atoms in total. The van der Waals surface area contributed by atoms with Gasteiger partial charge in [-0.25, -0.2) is 0 Å². The molecule has 26 heavy (non-hydrogen) atoms. The summed E-state index contributed by atoms with van der Waals surface area (Å²) in [5.74, 6) is -2.03. The van der Waals surface area contributed by atoms with Crippen molar-refractivity contribution in [3.05, 3.63) is 0 Å². The molecule has 0 saturated heterocycles. The van der Waals surface area contributed by atoms with E-state index < -0.39 is 23.7 Å². The number of carbonyl (C=O) groups is 4. The first-order valence-corrected chi connectivity index (χ1v) is 9.31. The third kappa shape index (κ3) is 9.22. The summed E-state index contributed by atoms with van der Waals surface area (Å²) in [7, 11) is 0. The van der Waals surface area contributed by atoms with Crippen molar-refractivity contribution < 1.29 is 19.2 Å². The lowest BCUT2D eigenvalue weighted by Crippen LogP contribution is -2.52. The number of carbonyl (C=O) groups excluding carboxylic acids is 4. The molecule has 0 aromatic rings. The highest BCUT2D eigenvalue weighted by molar-refractivity contribution is 6.38. The number of nitrogens with one attached hydrogen (secondary N) is 2. The molecule has 150 valence electrons. The molecule has 6 heteroatoms. The van der Waals surface area contributed by atoms with Crippen LogP contribution in [0.3, 0.4) is 0 Å². The summed E-state index contributed by atoms with van der Waals surface area (Å²) >= 11 is 0. The van der Waals surface area contributed by atoms with E-state index >= 15 is 0 Å². The van der Waals surface area contributed by atoms with Crippen LogP contribution < -0.4 is 10.6 Å². The molecule has 0 fully saturated rings. The summed E-state index contributed by atoms with van der Waals surface area (Å²) in [5.41, 5.74) is -0.628. The van der Waals surface area contributed by atoms with E-state index in [-0.39, 0.29) is 35.5 Å². The molecule has 0 radical (unpaired) electrons. The van der Waals surface area contributed by atoms with Crippen molar-refractivity contribution in [2.24, 2.45) is 11.3 Å². The Hall–Kier alpha value is -1.56. The lowest BCUT2D eigenvalue weighted by Gasteiger charge is -2.28. The summed E-state index contributed by atoms with van der Waals surface area (Å²) in [6, 6.07) is -0.574. The molecule has 0 aliphatic heterocycles. The molecule has 0 spiro atoms. The largest absolute Gasteiger partial charge is 0.342 e. The van der Waals surface area contributed by atoms with Gasteiger partial charge in [-0.2, -0.15) is 0 Å². The fourth-order valence-corrected chi connectivity index (χ4v) is 2.86. The van der Waals surface area contributed by atoms with E-state index in [4.69, 9.17) is 0 Å². The van der Waals surface area contributed by atoms with E-state index in [0.717, 1.165) is 6.42 Å². The number of rotatable bonds is 10. The summed E-state index contributed by atoms with van der Waals surface area (Å²) in [5, 5.41) is 5.57. The minimum Gasteiger partial charge on any atom is -0.342 e. The highest BCUT2D eigenvalue weighted by Gasteiger charge is 2.31. The van der Waals surface area contributed by atoms with Crippen molar-refractivity contribution in [2.75, 3.05) is 6.54 Å². The lowest BCUT2D eigenvalue weighted by atomic mass is 9.76. The van der Waals surface area contributed by atoms with E-state index in [1.807, 2.05) is 48.5 Å². The van der Waals surface area contributed by atoms with Crippen LogP contribution in [-0.4, -0.2) is 41.4 Å². The molecule has 0 heterocycles. The van der Waals surface area contributed by atoms with Crippen LogP contribution in [0.2, 0.25) is 0 Å². The minimum absolute atomic E-state index is 0.0503. The van der Waals surface area contributed by atoms with Crippen LogP contribution in [0.5, 0.6) is 0 Å². The molecule has 0 rings (SSSR count). The number of hydrogen-bond donors (Lipinski definition) is 2. The average molecular weight is 369 g/mol. The van der Waals surface area contributed by atoms with Gasteiger partial charge in [0.2, 0.25) is 5.78 Å². The molecule has 1 amide bonds. The summed E-state index contributed by atoms with van der Waals surface area (Å²) in [4.78, 5) is 48.4. The third-order valence-electron chi connectivity index (χ3n) is 4.14. The summed E-state index contributed by atoms with van der Waals surface area (Å²) in [6.07, 6.45) is 1.37. The molecule has 0 aromatic carbocycles. The first-order chi connectivity index (χ1) is 11.7. The third-order valence-corrected chi connectivity index (χ3v) is 4.14. The minimum atomic E-state index is -0.760. The quantitative estimate of drug-likeness (QED) is 0.578. The molecular formula is C20H36N2O4. The second-order valence-corrected chi connectivity index (χ2v) is 9.05. The second-order valence-electron chi connectivity index (χ2n) is 9.05. The molecule has 0 aliphatic carbocycles. The van der Waals surface area contributed by atoms with Crippen molar-refractivity contribution in [3.8, 4) is 0 Å². The molecule has 0 aromatic heterocycles. The van der Waals surface area contributed by atoms with E-state index in [2.05, 4.69) is 10.6 Å². The molecule has 0 aliphatic rings. The lowest BCUT2D eigenvalue weighted by molar-refractivity contribution is -0.140. The van der Waals surface area contributed by atoms with Gasteiger partial charge in [-0.05, 0) is 39.5 Å². The first kappa shape index (κ1) is 24.4. The van der Waals surface area contributed by atoms with Crippen LogP contribution in [0.25, 0.3) is 0 Å². The molecular weight excluding hydrogens is 332 g/mol. The van der Waals surface area contributed by atoms with Crippen molar-refractivity contribution in [2.45, 2.75) is 86.2 Å². The Kier molecular flexibility index (Phi) is 9.35. The molecule has 0 bridgehead atoms. The normalized spacial score (nSPS) is 14.5. The van der Waals surface area contributed by atoms with Gasteiger partial charge in [-0.1, -0.05) is 34.1 Å². The topological polar surface area (TPSA) is 92.3 Å². The fourth-order valence-electron chi connectivity index (χ4n) is 2.86. The van der Waals surface area contributed by atoms with Crippen LogP contribution in [0.15, 0.2) is 0 Å². The maximum atomic E-state index is 12.4. The number of amides is 1. The van der Waals surface area contributed by atoms with E-state index in [0.29, 0.717) is 6.42 Å². The highest BCUT2D eigenvalue weighted by atomic mass is 16.2. The number of Topliss-reactive ketones (excluding diaryl/α,β-unsaturated/α-hetero) is 3. The van der Waals surface area contributed by atoms with Crippen LogP contribution in [-0.2, 0) is 19.2 Å². The Bertz CT molecular complexity index is 527. The maximum Gasteiger partial charge on any atom is 0.289 e. The van der Waals surface area contributed by atoms with Crippen LogP contribution >= 0.6 is 0 Å². The van der Waals surface area contributed by atoms with Gasteiger partial charge < -0.3 is 10.6 Å². The standard InChI is InChI=1S/C20H36N2O4/c1-9-10-16(22-20(6,7)8)17(25)18(26)21-12-14(24)11-15(13(2)23)19(3,4)5/h15-16,22H,9-12H2,1-8H3,(H,21,26). The Morgan fingerprint density at radius 2 is 1.50 bits per heavy atom. The van der Waals surface area contributed by atoms with Gasteiger partial charge in [0.25, 0.3) is 5.91 Å². The van der Waals surface area contributed by atoms with Gasteiger partial charge in [0, 0.05) is 17.9 Å². The summed E-state index contributed by atoms with van der Waals surface area (Å²) < 4.78 is 0. The van der Waals surface area contributed by atoms with Gasteiger partial charge in [-0.3, -0.25) is 19.2 Å². The predicted octanol–water partition coefficient (Wildman–Crippen LogP) is 2.44. The highest BCUT2D eigenvalue weighted by Crippen LogP contribution is 2.29. The zero-order valence-electron chi connectivity index (χ0n) is 17.6. The zero-order valence-corrected chi connectivity index (χ0v) is 17.6. The zero-order chi connectivity index (χ0) is 20.7. The smallest absolute Gasteiger partial charge is 0.289 e. The molecule has 0 saturated carbocycles. The molecule has 2 atom stereocenters. The van der Waals surface area contributed by atoms with E-state index in [9.17, 15) is 19.2 Å². The molecule has 2 unspecified atom stereocenters. The van der Waals surface area contributed by atoms with Crippen LogP contribution in [0.4, 0.5) is 0 Å². The van der Waals surface area contributed by atoms with E-state index in [1.54, 1.807) is 0 Å². The van der Waals surface area contributed by atoms with Gasteiger partial charge in [0.1, 0.15) is 5.78 Å². The second kappa shape index (κ2) is 9.95. The van der Waals surface area contributed by atoms with Crippen LogP contribution in [0.1, 0.15) is 74.7 Å². The molecule has 2 N–H and O–H groups in total. The first-order valence-electron chi connectivity index (χ1n) is 9.31. The Balaban J connectivity index is 4.78. The predicted molar refractivity (Wildman–Crippen MR) is 103 cm³/mol. The maximum absolute atomic E-state index is 12.4. The number of ketones is 3. The van der Waals surface area contributed by atoms with E-state index in [1.165, 1.54) is 6.92 Å². The van der Waals surface area contributed by atoms with Crippen LogP contribution in [0, 0.1) is 11.3 Å². The monoisotopic (exact) mass is 368 g/mol. The SMILES string of the molecule is CCCC(NC(C)(C)C)C(=O)C(=O)NCC(=O)CC(C(C)=O)C(C)(C)C. The Morgan fingerprint density at radius 1 is 0.962 bits per heavy atom.